The zero-order chi connectivity index (χ0) is 21.1. The predicted molar refractivity (Wildman–Crippen MR) is 111 cm³/mol. The van der Waals surface area contributed by atoms with E-state index in [2.05, 4.69) is 55.3 Å². The molecule has 1 aromatic heterocycles. The molecule has 0 aliphatic carbocycles. The van der Waals surface area contributed by atoms with Crippen LogP contribution in [0.15, 0.2) is 29.1 Å². The van der Waals surface area contributed by atoms with Crippen molar-refractivity contribution in [2.45, 2.75) is 65.8 Å². The van der Waals surface area contributed by atoms with Gasteiger partial charge in [-0.15, -0.1) is 0 Å². The zero-order valence-corrected chi connectivity index (χ0v) is 17.6. The number of hydrogen-bond acceptors (Lipinski definition) is 3. The summed E-state index contributed by atoms with van der Waals surface area (Å²) in [6, 6.07) is 10.2. The lowest BCUT2D eigenvalue weighted by molar-refractivity contribution is -0.121. The first-order valence-corrected chi connectivity index (χ1v) is 9.57. The first-order chi connectivity index (χ1) is 13.0. The van der Waals surface area contributed by atoms with Crippen molar-refractivity contribution >= 4 is 5.91 Å². The second-order valence-electron chi connectivity index (χ2n) is 8.33. The van der Waals surface area contributed by atoms with Crippen LogP contribution in [-0.2, 0) is 16.6 Å². The third-order valence-electron chi connectivity index (χ3n) is 5.18. The monoisotopic (exact) mass is 379 g/mol. The molecule has 28 heavy (non-hydrogen) atoms. The number of nitrogens with zero attached hydrogens (tertiary/aromatic N) is 1. The highest BCUT2D eigenvalue weighted by molar-refractivity contribution is 5.76. The standard InChI is InChI=1S/C23H29N3O2/c1-14-19(16(3)26-22(28)20(14)13-24)11-12-21(27)25-15(2)17-7-9-18(10-8-17)23(4,5)6/h7-10,15H,11-12H2,1-6H3,(H,25,27)(H,26,28). The van der Waals surface area contributed by atoms with Crippen molar-refractivity contribution in [1.82, 2.24) is 10.3 Å². The van der Waals surface area contributed by atoms with E-state index in [0.29, 0.717) is 24.1 Å². The molecule has 0 radical (unpaired) electrons. The maximum Gasteiger partial charge on any atom is 0.266 e. The lowest BCUT2D eigenvalue weighted by atomic mass is 9.86. The fraction of sp³-hybridized carbons (Fsp3) is 0.435. The molecular formula is C23H29N3O2. The first kappa shape index (κ1) is 21.4. The molecule has 0 spiro atoms. The average molecular weight is 380 g/mol. The largest absolute Gasteiger partial charge is 0.350 e. The van der Waals surface area contributed by atoms with Crippen molar-refractivity contribution in [3.05, 3.63) is 68.1 Å². The molecule has 1 unspecified atom stereocenters. The van der Waals surface area contributed by atoms with Gasteiger partial charge in [-0.1, -0.05) is 45.0 Å². The van der Waals surface area contributed by atoms with Crippen LogP contribution in [0, 0.1) is 25.2 Å². The second kappa shape index (κ2) is 8.43. The van der Waals surface area contributed by atoms with Crippen molar-refractivity contribution in [1.29, 1.82) is 5.26 Å². The summed E-state index contributed by atoms with van der Waals surface area (Å²) < 4.78 is 0. The highest BCUT2D eigenvalue weighted by Gasteiger charge is 2.16. The second-order valence-corrected chi connectivity index (χ2v) is 8.33. The van der Waals surface area contributed by atoms with Gasteiger partial charge in [-0.25, -0.2) is 0 Å². The summed E-state index contributed by atoms with van der Waals surface area (Å²) in [5, 5.41) is 12.2. The molecule has 2 rings (SSSR count). The van der Waals surface area contributed by atoms with E-state index in [1.807, 2.05) is 13.0 Å². The van der Waals surface area contributed by atoms with Gasteiger partial charge in [-0.05, 0) is 54.9 Å². The molecule has 0 aliphatic heterocycles. The van der Waals surface area contributed by atoms with Gasteiger partial charge in [0.25, 0.3) is 5.56 Å². The number of benzene rings is 1. The first-order valence-electron chi connectivity index (χ1n) is 9.57. The Balaban J connectivity index is 2.03. The van der Waals surface area contributed by atoms with Gasteiger partial charge in [-0.3, -0.25) is 9.59 Å². The van der Waals surface area contributed by atoms with Gasteiger partial charge in [0.2, 0.25) is 5.91 Å². The molecule has 0 saturated heterocycles. The number of H-pyrrole nitrogens is 1. The number of nitriles is 1. The highest BCUT2D eigenvalue weighted by atomic mass is 16.1. The molecule has 1 atom stereocenters. The van der Waals surface area contributed by atoms with Crippen LogP contribution in [0.4, 0.5) is 0 Å². The van der Waals surface area contributed by atoms with Gasteiger partial charge in [0.15, 0.2) is 0 Å². The Bertz CT molecular complexity index is 958. The summed E-state index contributed by atoms with van der Waals surface area (Å²) >= 11 is 0. The molecule has 0 aliphatic rings. The molecule has 1 amide bonds. The van der Waals surface area contributed by atoms with E-state index in [0.717, 1.165) is 11.1 Å². The highest BCUT2D eigenvalue weighted by Crippen LogP contribution is 2.24. The molecule has 2 N–H and O–H groups in total. The molecule has 0 bridgehead atoms. The number of amides is 1. The number of aryl methyl sites for hydroxylation is 1. The lowest BCUT2D eigenvalue weighted by Crippen LogP contribution is -2.27. The number of carbonyl (C=O) groups excluding carboxylic acids is 1. The van der Waals surface area contributed by atoms with Gasteiger partial charge in [0.1, 0.15) is 11.6 Å². The maximum atomic E-state index is 12.4. The van der Waals surface area contributed by atoms with Gasteiger partial charge < -0.3 is 10.3 Å². The van der Waals surface area contributed by atoms with E-state index >= 15 is 0 Å². The van der Waals surface area contributed by atoms with Crippen LogP contribution in [0.1, 0.15) is 73.7 Å². The van der Waals surface area contributed by atoms with Gasteiger partial charge in [-0.2, -0.15) is 5.26 Å². The normalized spacial score (nSPS) is 12.3. The predicted octanol–water partition coefficient (Wildman–Crippen LogP) is 3.97. The molecule has 5 nitrogen and oxygen atoms in total. The van der Waals surface area contributed by atoms with E-state index in [4.69, 9.17) is 5.26 Å². The quantitative estimate of drug-likeness (QED) is 0.824. The Morgan fingerprint density at radius 3 is 2.36 bits per heavy atom. The minimum absolute atomic E-state index is 0.0593. The van der Waals surface area contributed by atoms with Crippen molar-refractivity contribution in [2.24, 2.45) is 0 Å². The number of aromatic nitrogens is 1. The maximum absolute atomic E-state index is 12.4. The number of aromatic amines is 1. The number of pyridine rings is 1. The summed E-state index contributed by atoms with van der Waals surface area (Å²) in [4.78, 5) is 26.9. The van der Waals surface area contributed by atoms with E-state index in [-0.39, 0.29) is 28.5 Å². The third kappa shape index (κ3) is 4.89. The number of carbonyl (C=O) groups is 1. The van der Waals surface area contributed by atoms with Crippen molar-refractivity contribution in [3.8, 4) is 6.07 Å². The van der Waals surface area contributed by atoms with Gasteiger partial charge in [0.05, 0.1) is 6.04 Å². The lowest BCUT2D eigenvalue weighted by Gasteiger charge is -2.21. The minimum atomic E-state index is -0.377. The van der Waals surface area contributed by atoms with E-state index in [1.54, 1.807) is 13.8 Å². The Hall–Kier alpha value is -2.87. The number of rotatable bonds is 5. The van der Waals surface area contributed by atoms with Crippen LogP contribution < -0.4 is 10.9 Å². The Labute approximate surface area is 166 Å². The van der Waals surface area contributed by atoms with Gasteiger partial charge >= 0.3 is 0 Å². The van der Waals surface area contributed by atoms with Crippen LogP contribution >= 0.6 is 0 Å². The van der Waals surface area contributed by atoms with Crippen LogP contribution in [0.5, 0.6) is 0 Å². The fourth-order valence-corrected chi connectivity index (χ4v) is 3.33. The minimum Gasteiger partial charge on any atom is -0.350 e. The molecule has 1 heterocycles. The smallest absolute Gasteiger partial charge is 0.266 e. The molecule has 0 saturated carbocycles. The molecule has 5 heteroatoms. The van der Waals surface area contributed by atoms with E-state index < -0.39 is 0 Å². The SMILES string of the molecule is Cc1[nH]c(=O)c(C#N)c(C)c1CCC(=O)NC(C)c1ccc(C(C)(C)C)cc1. The summed E-state index contributed by atoms with van der Waals surface area (Å²) in [7, 11) is 0. The van der Waals surface area contributed by atoms with Crippen molar-refractivity contribution < 1.29 is 4.79 Å². The Morgan fingerprint density at radius 1 is 1.21 bits per heavy atom. The average Bonchev–Trinajstić information content (AvgIpc) is 2.61. The third-order valence-corrected chi connectivity index (χ3v) is 5.18. The summed E-state index contributed by atoms with van der Waals surface area (Å²) in [6.45, 7) is 12.0. The van der Waals surface area contributed by atoms with Crippen LogP contribution in [0.25, 0.3) is 0 Å². The molecule has 0 fully saturated rings. The summed E-state index contributed by atoms with van der Waals surface area (Å²) in [5.41, 5.74) is 4.37. The van der Waals surface area contributed by atoms with Crippen LogP contribution in [0.2, 0.25) is 0 Å². The van der Waals surface area contributed by atoms with E-state index in [1.165, 1.54) is 5.56 Å². The molecule has 1 aromatic carbocycles. The van der Waals surface area contributed by atoms with Crippen LogP contribution in [-0.4, -0.2) is 10.9 Å². The molecule has 2 aromatic rings. The van der Waals surface area contributed by atoms with Crippen molar-refractivity contribution in [2.75, 3.05) is 0 Å². The number of hydrogen-bond donors (Lipinski definition) is 2. The van der Waals surface area contributed by atoms with Gasteiger partial charge in [0, 0.05) is 12.1 Å². The van der Waals surface area contributed by atoms with Crippen molar-refractivity contribution in [3.63, 3.8) is 0 Å². The Kier molecular flexibility index (Phi) is 6.45. The van der Waals surface area contributed by atoms with E-state index in [9.17, 15) is 9.59 Å². The van der Waals surface area contributed by atoms with Crippen LogP contribution in [0.3, 0.4) is 0 Å². The zero-order valence-electron chi connectivity index (χ0n) is 17.6. The number of nitrogens with one attached hydrogen (secondary N) is 2. The molecule has 148 valence electrons. The molecular weight excluding hydrogens is 350 g/mol. The fourth-order valence-electron chi connectivity index (χ4n) is 3.33. The Morgan fingerprint density at radius 2 is 1.82 bits per heavy atom. The summed E-state index contributed by atoms with van der Waals surface area (Å²) in [5.74, 6) is -0.0593. The summed E-state index contributed by atoms with van der Waals surface area (Å²) in [6.07, 6.45) is 0.771. The topological polar surface area (TPSA) is 85.8 Å².